The van der Waals surface area contributed by atoms with Gasteiger partial charge in [0.1, 0.15) is 9.96 Å². The maximum atomic E-state index is 12.5. The monoisotopic (exact) mass is 366 g/mol. The Morgan fingerprint density at radius 3 is 2.58 bits per heavy atom. The normalized spacial score (nSPS) is 17.0. The number of piperazine rings is 1. The molecular weight excluding hydrogens is 344 g/mol. The van der Waals surface area contributed by atoms with Crippen molar-refractivity contribution in [1.82, 2.24) is 9.21 Å². The predicted octanol–water partition coefficient (Wildman–Crippen LogP) is 2.31. The molecule has 1 aromatic heterocycles. The molecule has 1 aliphatic rings. The number of nitrogens with zero attached hydrogens (tertiary/aromatic N) is 2. The zero-order chi connectivity index (χ0) is 17.0. The Bertz CT molecular complexity index is 752. The molecular formula is C17H22N2O3S2. The standard InChI is InChI=1S/C17H22N2O3S2/c1-22-16-5-2-4-15(14-16)7-8-18-9-11-19(12-10-18)24(20,21)17-6-3-13-23-17/h2-6,13-14H,7-12H2,1H3. The van der Waals surface area contributed by atoms with Gasteiger partial charge < -0.3 is 9.64 Å². The van der Waals surface area contributed by atoms with E-state index in [1.54, 1.807) is 28.9 Å². The van der Waals surface area contributed by atoms with Crippen LogP contribution >= 0.6 is 11.3 Å². The van der Waals surface area contributed by atoms with Crippen molar-refractivity contribution in [3.63, 3.8) is 0 Å². The molecule has 1 aliphatic heterocycles. The van der Waals surface area contributed by atoms with Gasteiger partial charge >= 0.3 is 0 Å². The molecule has 0 saturated carbocycles. The highest BCUT2D eigenvalue weighted by Crippen LogP contribution is 2.22. The third-order valence-corrected chi connectivity index (χ3v) is 7.54. The fraction of sp³-hybridized carbons (Fsp3) is 0.412. The topological polar surface area (TPSA) is 49.9 Å². The summed E-state index contributed by atoms with van der Waals surface area (Å²) in [5.74, 6) is 0.874. The minimum Gasteiger partial charge on any atom is -0.497 e. The molecule has 5 nitrogen and oxygen atoms in total. The zero-order valence-electron chi connectivity index (χ0n) is 13.7. The van der Waals surface area contributed by atoms with E-state index in [1.165, 1.54) is 16.9 Å². The molecule has 3 rings (SSSR count). The third kappa shape index (κ3) is 3.97. The predicted molar refractivity (Wildman–Crippen MR) is 96.2 cm³/mol. The first kappa shape index (κ1) is 17.4. The summed E-state index contributed by atoms with van der Waals surface area (Å²) >= 11 is 1.28. The molecule has 2 heterocycles. The molecule has 0 atom stereocenters. The summed E-state index contributed by atoms with van der Waals surface area (Å²) in [5.41, 5.74) is 1.24. The first-order chi connectivity index (χ1) is 11.6. The molecule has 0 bridgehead atoms. The summed E-state index contributed by atoms with van der Waals surface area (Å²) in [6, 6.07) is 11.5. The van der Waals surface area contributed by atoms with Gasteiger partial charge in [-0.1, -0.05) is 18.2 Å². The Morgan fingerprint density at radius 1 is 1.12 bits per heavy atom. The van der Waals surface area contributed by atoms with Gasteiger partial charge in [-0.2, -0.15) is 4.31 Å². The van der Waals surface area contributed by atoms with E-state index in [1.807, 2.05) is 12.1 Å². The molecule has 1 saturated heterocycles. The smallest absolute Gasteiger partial charge is 0.252 e. The fourth-order valence-electron chi connectivity index (χ4n) is 2.85. The van der Waals surface area contributed by atoms with Crippen molar-refractivity contribution in [2.24, 2.45) is 0 Å². The molecule has 2 aromatic rings. The van der Waals surface area contributed by atoms with Crippen molar-refractivity contribution in [3.05, 3.63) is 47.3 Å². The Morgan fingerprint density at radius 2 is 1.92 bits per heavy atom. The van der Waals surface area contributed by atoms with Crippen LogP contribution in [0.5, 0.6) is 5.75 Å². The lowest BCUT2D eigenvalue weighted by molar-refractivity contribution is 0.190. The van der Waals surface area contributed by atoms with Gasteiger partial charge in [0, 0.05) is 32.7 Å². The van der Waals surface area contributed by atoms with E-state index in [-0.39, 0.29) is 0 Å². The van der Waals surface area contributed by atoms with Crippen LogP contribution in [-0.2, 0) is 16.4 Å². The molecule has 0 spiro atoms. The van der Waals surface area contributed by atoms with Crippen LogP contribution in [0.15, 0.2) is 46.0 Å². The van der Waals surface area contributed by atoms with Crippen molar-refractivity contribution in [1.29, 1.82) is 0 Å². The minimum absolute atomic E-state index is 0.437. The zero-order valence-corrected chi connectivity index (χ0v) is 15.4. The summed E-state index contributed by atoms with van der Waals surface area (Å²) < 4.78 is 32.3. The van der Waals surface area contributed by atoms with Crippen LogP contribution in [0.1, 0.15) is 5.56 Å². The van der Waals surface area contributed by atoms with Gasteiger partial charge in [0.05, 0.1) is 7.11 Å². The maximum Gasteiger partial charge on any atom is 0.252 e. The van der Waals surface area contributed by atoms with E-state index >= 15 is 0 Å². The van der Waals surface area contributed by atoms with Crippen molar-refractivity contribution >= 4 is 21.4 Å². The molecule has 0 radical (unpaired) electrons. The van der Waals surface area contributed by atoms with Crippen LogP contribution in [0.3, 0.4) is 0 Å². The molecule has 1 fully saturated rings. The average molecular weight is 367 g/mol. The quantitative estimate of drug-likeness (QED) is 0.787. The second-order valence-electron chi connectivity index (χ2n) is 5.78. The van der Waals surface area contributed by atoms with Crippen molar-refractivity contribution in [2.75, 3.05) is 39.8 Å². The van der Waals surface area contributed by atoms with Crippen molar-refractivity contribution in [3.8, 4) is 5.75 Å². The maximum absolute atomic E-state index is 12.5. The SMILES string of the molecule is COc1cccc(CCN2CCN(S(=O)(=O)c3cccs3)CC2)c1. The first-order valence-electron chi connectivity index (χ1n) is 7.98. The lowest BCUT2D eigenvalue weighted by Crippen LogP contribution is -2.48. The third-order valence-electron chi connectivity index (χ3n) is 4.27. The van der Waals surface area contributed by atoms with Gasteiger partial charge in [0.15, 0.2) is 0 Å². The van der Waals surface area contributed by atoms with Gasteiger partial charge in [-0.25, -0.2) is 8.42 Å². The Hall–Kier alpha value is -1.41. The molecule has 0 aliphatic carbocycles. The molecule has 130 valence electrons. The number of ether oxygens (including phenoxy) is 1. The van der Waals surface area contributed by atoms with Crippen molar-refractivity contribution in [2.45, 2.75) is 10.6 Å². The lowest BCUT2D eigenvalue weighted by atomic mass is 10.1. The van der Waals surface area contributed by atoms with E-state index in [0.29, 0.717) is 17.3 Å². The highest BCUT2D eigenvalue weighted by molar-refractivity contribution is 7.91. The highest BCUT2D eigenvalue weighted by atomic mass is 32.2. The number of thiophene rings is 1. The van der Waals surface area contributed by atoms with Crippen LogP contribution in [-0.4, -0.2) is 57.5 Å². The number of hydrogen-bond acceptors (Lipinski definition) is 5. The Labute approximate surface area is 147 Å². The number of rotatable bonds is 6. The van der Waals surface area contributed by atoms with Crippen molar-refractivity contribution < 1.29 is 13.2 Å². The van der Waals surface area contributed by atoms with Crippen LogP contribution in [0.2, 0.25) is 0 Å². The van der Waals surface area contributed by atoms with Crippen LogP contribution in [0.4, 0.5) is 0 Å². The molecule has 7 heteroatoms. The Balaban J connectivity index is 1.52. The molecule has 0 amide bonds. The lowest BCUT2D eigenvalue weighted by Gasteiger charge is -2.33. The highest BCUT2D eigenvalue weighted by Gasteiger charge is 2.28. The van der Waals surface area contributed by atoms with Gasteiger partial charge in [0.25, 0.3) is 10.0 Å². The van der Waals surface area contributed by atoms with Crippen LogP contribution < -0.4 is 4.74 Å². The fourth-order valence-corrected chi connectivity index (χ4v) is 5.41. The summed E-state index contributed by atoms with van der Waals surface area (Å²) in [7, 11) is -1.64. The summed E-state index contributed by atoms with van der Waals surface area (Å²) in [5, 5.41) is 1.80. The van der Waals surface area contributed by atoms with Gasteiger partial charge in [-0.15, -0.1) is 11.3 Å². The second kappa shape index (κ2) is 7.65. The van der Waals surface area contributed by atoms with E-state index in [9.17, 15) is 8.42 Å². The summed E-state index contributed by atoms with van der Waals surface area (Å²) in [4.78, 5) is 2.32. The molecule has 0 unspecified atom stereocenters. The molecule has 0 N–H and O–H groups in total. The van der Waals surface area contributed by atoms with Gasteiger partial charge in [-0.05, 0) is 35.6 Å². The van der Waals surface area contributed by atoms with Gasteiger partial charge in [0.2, 0.25) is 0 Å². The van der Waals surface area contributed by atoms with E-state index in [2.05, 4.69) is 17.0 Å². The average Bonchev–Trinajstić information content (AvgIpc) is 3.16. The first-order valence-corrected chi connectivity index (χ1v) is 10.3. The largest absolute Gasteiger partial charge is 0.497 e. The number of benzene rings is 1. The molecule has 1 aromatic carbocycles. The van der Waals surface area contributed by atoms with Crippen LogP contribution in [0.25, 0.3) is 0 Å². The van der Waals surface area contributed by atoms with Crippen LogP contribution in [0, 0.1) is 0 Å². The van der Waals surface area contributed by atoms with Gasteiger partial charge in [-0.3, -0.25) is 0 Å². The number of methoxy groups -OCH3 is 1. The summed E-state index contributed by atoms with van der Waals surface area (Å²) in [6.07, 6.45) is 0.939. The molecule has 24 heavy (non-hydrogen) atoms. The number of sulfonamides is 1. The van der Waals surface area contributed by atoms with E-state index in [0.717, 1.165) is 31.8 Å². The Kier molecular flexibility index (Phi) is 5.55. The van der Waals surface area contributed by atoms with E-state index < -0.39 is 10.0 Å². The minimum atomic E-state index is -3.31. The second-order valence-corrected chi connectivity index (χ2v) is 8.89. The number of hydrogen-bond donors (Lipinski definition) is 0. The van der Waals surface area contributed by atoms with E-state index in [4.69, 9.17) is 4.74 Å². The summed E-state index contributed by atoms with van der Waals surface area (Å²) in [6.45, 7) is 3.58.